The number of carbonyl (C=O) groups is 1. The minimum atomic E-state index is -4.53. The Morgan fingerprint density at radius 1 is 1.08 bits per heavy atom. The zero-order chi connectivity index (χ0) is 27.6. The molecule has 8 nitrogen and oxygen atoms in total. The normalized spacial score (nSPS) is 15.1. The van der Waals surface area contributed by atoms with E-state index in [1.54, 1.807) is 24.8 Å². The molecule has 1 fully saturated rings. The second-order valence-electron chi connectivity index (χ2n) is 9.11. The molecule has 13 heteroatoms. The predicted molar refractivity (Wildman–Crippen MR) is 136 cm³/mol. The van der Waals surface area contributed by atoms with Gasteiger partial charge in [-0.2, -0.15) is 18.2 Å². The molecule has 3 aromatic rings. The molecule has 2 aromatic heterocycles. The topological polar surface area (TPSA) is 94.5 Å². The van der Waals surface area contributed by atoms with E-state index in [1.807, 2.05) is 4.90 Å². The fraction of sp³-hybridized carbons (Fsp3) is 0.360. The predicted octanol–water partition coefficient (Wildman–Crippen LogP) is 5.20. The standard InChI is InChI=1S/C25H25ClF4N6O2/c1-14(2)21(23(37)38)34-24-32-19(15-5-6-18(27)17(26)12-15)13-20(33-24)35-8-10-36(11-9-35)22-16(25(28,29)30)4-3-7-31-22/h3-7,12-14,21H,8-11H2,1-2H3,(H,37,38)(H,32,33,34)/t21-/m0/s1. The number of nitrogens with one attached hydrogen (secondary N) is 1. The lowest BCUT2D eigenvalue weighted by molar-refractivity contribution is -0.139. The molecule has 0 radical (unpaired) electrons. The van der Waals surface area contributed by atoms with Crippen molar-refractivity contribution in [2.75, 3.05) is 41.3 Å². The minimum absolute atomic E-state index is 0.0468. The highest BCUT2D eigenvalue weighted by atomic mass is 35.5. The van der Waals surface area contributed by atoms with E-state index in [-0.39, 0.29) is 35.8 Å². The van der Waals surface area contributed by atoms with Crippen LogP contribution in [0, 0.1) is 11.7 Å². The molecule has 202 valence electrons. The van der Waals surface area contributed by atoms with Crippen molar-refractivity contribution in [2.45, 2.75) is 26.1 Å². The van der Waals surface area contributed by atoms with Crippen molar-refractivity contribution in [1.82, 2.24) is 15.0 Å². The number of rotatable bonds is 7. The molecule has 0 spiro atoms. The van der Waals surface area contributed by atoms with Gasteiger partial charge >= 0.3 is 12.1 Å². The molecule has 1 aromatic carbocycles. The van der Waals surface area contributed by atoms with Gasteiger partial charge in [0.15, 0.2) is 0 Å². The van der Waals surface area contributed by atoms with Crippen LogP contribution in [0.3, 0.4) is 0 Å². The molecule has 4 rings (SSSR count). The van der Waals surface area contributed by atoms with Crippen molar-refractivity contribution in [3.8, 4) is 11.3 Å². The van der Waals surface area contributed by atoms with Crippen LogP contribution in [0.1, 0.15) is 19.4 Å². The smallest absolute Gasteiger partial charge is 0.419 e. The Bertz CT molecular complexity index is 1320. The first-order valence-electron chi connectivity index (χ1n) is 11.8. The van der Waals surface area contributed by atoms with Crippen LogP contribution < -0.4 is 15.1 Å². The third-order valence-electron chi connectivity index (χ3n) is 6.14. The maximum absolute atomic E-state index is 13.8. The van der Waals surface area contributed by atoms with Crippen molar-refractivity contribution >= 4 is 35.2 Å². The van der Waals surface area contributed by atoms with E-state index >= 15 is 0 Å². The van der Waals surface area contributed by atoms with Crippen molar-refractivity contribution < 1.29 is 27.5 Å². The summed E-state index contributed by atoms with van der Waals surface area (Å²) in [6, 6.07) is 7.03. The molecule has 1 saturated heterocycles. The third kappa shape index (κ3) is 6.07. The summed E-state index contributed by atoms with van der Waals surface area (Å²) in [7, 11) is 0. The Kier molecular flexibility index (Phi) is 7.91. The first-order valence-corrected chi connectivity index (χ1v) is 12.2. The zero-order valence-electron chi connectivity index (χ0n) is 20.5. The molecule has 3 heterocycles. The van der Waals surface area contributed by atoms with Crippen molar-refractivity contribution in [3.63, 3.8) is 0 Å². The first-order chi connectivity index (χ1) is 17.9. The van der Waals surface area contributed by atoms with Crippen molar-refractivity contribution in [2.24, 2.45) is 5.92 Å². The number of carboxylic acids is 1. The van der Waals surface area contributed by atoms with Gasteiger partial charge in [0.1, 0.15) is 23.5 Å². The Labute approximate surface area is 221 Å². The number of nitrogens with zero attached hydrogens (tertiary/aromatic N) is 5. The number of aromatic nitrogens is 3. The van der Waals surface area contributed by atoms with E-state index in [4.69, 9.17) is 11.6 Å². The molecule has 1 atom stereocenters. The number of piperazine rings is 1. The number of carboxylic acid groups (broad SMARTS) is 1. The van der Waals surface area contributed by atoms with Gasteiger partial charge in [0.05, 0.1) is 16.3 Å². The van der Waals surface area contributed by atoms with Gasteiger partial charge < -0.3 is 20.2 Å². The van der Waals surface area contributed by atoms with Crippen LogP contribution in [0.5, 0.6) is 0 Å². The molecule has 0 saturated carbocycles. The van der Waals surface area contributed by atoms with Gasteiger partial charge in [0.2, 0.25) is 5.95 Å². The zero-order valence-corrected chi connectivity index (χ0v) is 21.3. The van der Waals surface area contributed by atoms with Crippen LogP contribution in [0.25, 0.3) is 11.3 Å². The average Bonchev–Trinajstić information content (AvgIpc) is 2.88. The van der Waals surface area contributed by atoms with Crippen LogP contribution in [0.15, 0.2) is 42.6 Å². The van der Waals surface area contributed by atoms with Gasteiger partial charge in [-0.15, -0.1) is 0 Å². The summed E-state index contributed by atoms with van der Waals surface area (Å²) in [5, 5.41) is 12.4. The van der Waals surface area contributed by atoms with E-state index in [9.17, 15) is 27.5 Å². The highest BCUT2D eigenvalue weighted by molar-refractivity contribution is 6.31. The number of pyridine rings is 1. The van der Waals surface area contributed by atoms with Crippen LogP contribution in [-0.4, -0.2) is 58.2 Å². The Morgan fingerprint density at radius 2 is 1.76 bits per heavy atom. The fourth-order valence-corrected chi connectivity index (χ4v) is 4.32. The summed E-state index contributed by atoms with van der Waals surface area (Å²) in [6.07, 6.45) is -3.20. The van der Waals surface area contributed by atoms with Gasteiger partial charge in [-0.25, -0.2) is 19.2 Å². The van der Waals surface area contributed by atoms with E-state index < -0.39 is 29.6 Å². The van der Waals surface area contributed by atoms with E-state index in [0.717, 1.165) is 6.07 Å². The van der Waals surface area contributed by atoms with E-state index in [2.05, 4.69) is 20.3 Å². The molecule has 0 bridgehead atoms. The maximum Gasteiger partial charge on any atom is 0.419 e. The lowest BCUT2D eigenvalue weighted by atomic mass is 10.1. The van der Waals surface area contributed by atoms with Crippen LogP contribution in [-0.2, 0) is 11.0 Å². The second-order valence-corrected chi connectivity index (χ2v) is 9.52. The molecule has 38 heavy (non-hydrogen) atoms. The number of alkyl halides is 3. The monoisotopic (exact) mass is 552 g/mol. The largest absolute Gasteiger partial charge is 0.480 e. The highest BCUT2D eigenvalue weighted by Crippen LogP contribution is 2.36. The number of anilines is 3. The van der Waals surface area contributed by atoms with Gasteiger partial charge in [0, 0.05) is 44.0 Å². The lowest BCUT2D eigenvalue weighted by Gasteiger charge is -2.37. The average molecular weight is 553 g/mol. The summed E-state index contributed by atoms with van der Waals surface area (Å²) in [6.45, 7) is 4.61. The summed E-state index contributed by atoms with van der Waals surface area (Å²) in [5.74, 6) is -1.61. The summed E-state index contributed by atoms with van der Waals surface area (Å²) in [5.41, 5.74) is 0.0612. The number of hydrogen-bond donors (Lipinski definition) is 2. The van der Waals surface area contributed by atoms with Crippen LogP contribution >= 0.6 is 11.6 Å². The maximum atomic E-state index is 13.8. The number of benzene rings is 1. The van der Waals surface area contributed by atoms with Crippen LogP contribution in [0.2, 0.25) is 5.02 Å². The molecule has 0 amide bonds. The summed E-state index contributed by atoms with van der Waals surface area (Å²) in [4.78, 5) is 28.1. The lowest BCUT2D eigenvalue weighted by Crippen LogP contribution is -2.47. The molecular formula is C25H25ClF4N6O2. The Balaban J connectivity index is 1.64. The van der Waals surface area contributed by atoms with Gasteiger partial charge in [-0.1, -0.05) is 25.4 Å². The van der Waals surface area contributed by atoms with Crippen molar-refractivity contribution in [3.05, 3.63) is 59.0 Å². The number of halogens is 5. The first kappa shape index (κ1) is 27.4. The number of hydrogen-bond acceptors (Lipinski definition) is 7. The van der Waals surface area contributed by atoms with E-state index in [1.165, 1.54) is 30.5 Å². The molecule has 1 aliphatic heterocycles. The minimum Gasteiger partial charge on any atom is -0.480 e. The molecule has 1 aliphatic rings. The quantitative estimate of drug-likeness (QED) is 0.386. The second kappa shape index (κ2) is 11.0. The molecule has 0 aliphatic carbocycles. The van der Waals surface area contributed by atoms with Gasteiger partial charge in [0.25, 0.3) is 0 Å². The number of aliphatic carboxylic acids is 1. The summed E-state index contributed by atoms with van der Waals surface area (Å²) >= 11 is 5.96. The molecule has 2 N–H and O–H groups in total. The summed E-state index contributed by atoms with van der Waals surface area (Å²) < 4.78 is 54.2. The molecule has 0 unspecified atom stereocenters. The van der Waals surface area contributed by atoms with Crippen LogP contribution in [0.4, 0.5) is 35.1 Å². The molecular weight excluding hydrogens is 528 g/mol. The Hall–Kier alpha value is -3.67. The third-order valence-corrected chi connectivity index (χ3v) is 6.43. The van der Waals surface area contributed by atoms with Gasteiger partial charge in [-0.05, 0) is 36.2 Å². The van der Waals surface area contributed by atoms with E-state index in [0.29, 0.717) is 30.2 Å². The SMILES string of the molecule is CC(C)[C@H](Nc1nc(-c2ccc(F)c(Cl)c2)cc(N2CCN(c3ncccc3C(F)(F)F)CC2)n1)C(=O)O. The fourth-order valence-electron chi connectivity index (χ4n) is 4.13. The highest BCUT2D eigenvalue weighted by Gasteiger charge is 2.36. The van der Waals surface area contributed by atoms with Crippen molar-refractivity contribution in [1.29, 1.82) is 0 Å². The Morgan fingerprint density at radius 3 is 2.37 bits per heavy atom. The van der Waals surface area contributed by atoms with Gasteiger partial charge in [-0.3, -0.25) is 0 Å².